The molecule has 0 aromatic rings. The van der Waals surface area contributed by atoms with Crippen molar-refractivity contribution in [3.05, 3.63) is 0 Å². The zero-order valence-electron chi connectivity index (χ0n) is 10.2. The highest BCUT2D eigenvalue weighted by Gasteiger charge is 2.39. The molecule has 2 aliphatic rings. The van der Waals surface area contributed by atoms with Crippen molar-refractivity contribution in [2.45, 2.75) is 32.2 Å². The minimum Gasteiger partial charge on any atom is -0.344 e. The van der Waals surface area contributed by atoms with Crippen molar-refractivity contribution in [1.82, 2.24) is 10.2 Å². The van der Waals surface area contributed by atoms with E-state index in [4.69, 9.17) is 0 Å². The second-order valence-corrected chi connectivity index (χ2v) is 5.50. The van der Waals surface area contributed by atoms with Crippen molar-refractivity contribution in [3.63, 3.8) is 0 Å². The molecule has 2 rings (SSSR count). The molecule has 3 unspecified atom stereocenters. The van der Waals surface area contributed by atoms with E-state index in [-0.39, 0.29) is 11.8 Å². The Hall–Kier alpha value is -0.710. The van der Waals surface area contributed by atoms with E-state index in [9.17, 15) is 9.59 Å². The van der Waals surface area contributed by atoms with Gasteiger partial charge >= 0.3 is 0 Å². The third kappa shape index (κ3) is 2.76. The van der Waals surface area contributed by atoms with E-state index in [0.717, 1.165) is 13.1 Å². The van der Waals surface area contributed by atoms with Gasteiger partial charge in [0, 0.05) is 25.8 Å². The molecule has 1 N–H and O–H groups in total. The SMILES string of the molecule is CC(=O)NC(CS)C(=O)N1CC2CCCC2C1. The van der Waals surface area contributed by atoms with Gasteiger partial charge in [0.2, 0.25) is 11.8 Å². The molecule has 3 atom stereocenters. The van der Waals surface area contributed by atoms with Crippen molar-refractivity contribution in [3.8, 4) is 0 Å². The first kappa shape index (κ1) is 12.7. The first-order valence-electron chi connectivity index (χ1n) is 6.28. The Labute approximate surface area is 108 Å². The fourth-order valence-corrected chi connectivity index (χ4v) is 3.31. The molecule has 1 saturated carbocycles. The Balaban J connectivity index is 1.93. The number of hydrogen-bond acceptors (Lipinski definition) is 3. The summed E-state index contributed by atoms with van der Waals surface area (Å²) in [5.74, 6) is 1.61. The monoisotopic (exact) mass is 256 g/mol. The quantitative estimate of drug-likeness (QED) is 0.730. The lowest BCUT2D eigenvalue weighted by Gasteiger charge is -2.23. The van der Waals surface area contributed by atoms with Crippen LogP contribution in [0.1, 0.15) is 26.2 Å². The van der Waals surface area contributed by atoms with E-state index in [0.29, 0.717) is 17.6 Å². The summed E-state index contributed by atoms with van der Waals surface area (Å²) in [7, 11) is 0. The number of rotatable bonds is 3. The van der Waals surface area contributed by atoms with E-state index in [1.165, 1.54) is 26.2 Å². The molecule has 0 aromatic carbocycles. The lowest BCUT2D eigenvalue weighted by atomic mass is 10.0. The summed E-state index contributed by atoms with van der Waals surface area (Å²) in [4.78, 5) is 25.1. The number of hydrogen-bond donors (Lipinski definition) is 2. The minimum absolute atomic E-state index is 0.0320. The maximum absolute atomic E-state index is 12.2. The van der Waals surface area contributed by atoms with Gasteiger partial charge in [0.15, 0.2) is 0 Å². The van der Waals surface area contributed by atoms with Crippen LogP contribution in [-0.4, -0.2) is 41.6 Å². The van der Waals surface area contributed by atoms with Gasteiger partial charge in [-0.2, -0.15) is 12.6 Å². The third-order valence-corrected chi connectivity index (χ3v) is 4.26. The second-order valence-electron chi connectivity index (χ2n) is 5.13. The van der Waals surface area contributed by atoms with Crippen LogP contribution in [0.15, 0.2) is 0 Å². The van der Waals surface area contributed by atoms with Crippen molar-refractivity contribution in [2.24, 2.45) is 11.8 Å². The Morgan fingerprint density at radius 1 is 1.35 bits per heavy atom. The first-order chi connectivity index (χ1) is 8.11. The molecule has 1 aliphatic heterocycles. The molecule has 1 saturated heterocycles. The molecule has 1 aliphatic carbocycles. The molecular weight excluding hydrogens is 236 g/mol. The molecule has 4 nitrogen and oxygen atoms in total. The first-order valence-corrected chi connectivity index (χ1v) is 6.91. The van der Waals surface area contributed by atoms with Crippen LogP contribution < -0.4 is 5.32 Å². The second kappa shape index (κ2) is 5.29. The molecule has 5 heteroatoms. The number of carbonyl (C=O) groups excluding carboxylic acids is 2. The van der Waals surface area contributed by atoms with Crippen molar-refractivity contribution in [1.29, 1.82) is 0 Å². The number of nitrogens with zero attached hydrogens (tertiary/aromatic N) is 1. The minimum atomic E-state index is -0.463. The van der Waals surface area contributed by atoms with Crippen LogP contribution in [0, 0.1) is 11.8 Å². The van der Waals surface area contributed by atoms with E-state index in [1.807, 2.05) is 4.90 Å². The predicted molar refractivity (Wildman–Crippen MR) is 68.9 cm³/mol. The van der Waals surface area contributed by atoms with E-state index in [2.05, 4.69) is 17.9 Å². The van der Waals surface area contributed by atoms with Gasteiger partial charge in [-0.25, -0.2) is 0 Å². The molecule has 2 amide bonds. The van der Waals surface area contributed by atoms with Crippen LogP contribution in [0.25, 0.3) is 0 Å². The van der Waals surface area contributed by atoms with Gasteiger partial charge in [-0.05, 0) is 24.7 Å². The number of thiol groups is 1. The van der Waals surface area contributed by atoms with E-state index < -0.39 is 6.04 Å². The molecule has 0 spiro atoms. The summed E-state index contributed by atoms with van der Waals surface area (Å²) in [6.07, 6.45) is 3.80. The van der Waals surface area contributed by atoms with Crippen molar-refractivity contribution >= 4 is 24.4 Å². The molecule has 0 bridgehead atoms. The number of nitrogens with one attached hydrogen (secondary N) is 1. The summed E-state index contributed by atoms with van der Waals surface area (Å²) in [6.45, 7) is 3.17. The molecule has 2 fully saturated rings. The Bertz CT molecular complexity index is 310. The van der Waals surface area contributed by atoms with Gasteiger partial charge in [0.1, 0.15) is 6.04 Å². The number of fused-ring (bicyclic) bond motifs is 1. The summed E-state index contributed by atoms with van der Waals surface area (Å²) in [5.41, 5.74) is 0. The Morgan fingerprint density at radius 2 is 1.94 bits per heavy atom. The maximum Gasteiger partial charge on any atom is 0.246 e. The zero-order chi connectivity index (χ0) is 12.4. The number of likely N-dealkylation sites (tertiary alicyclic amines) is 1. The molecule has 96 valence electrons. The maximum atomic E-state index is 12.2. The number of amides is 2. The van der Waals surface area contributed by atoms with Gasteiger partial charge in [0.25, 0.3) is 0 Å². The predicted octanol–water partition coefficient (Wildman–Crippen LogP) is 0.679. The van der Waals surface area contributed by atoms with Gasteiger partial charge in [-0.15, -0.1) is 0 Å². The van der Waals surface area contributed by atoms with Crippen LogP contribution in [0.4, 0.5) is 0 Å². The Morgan fingerprint density at radius 3 is 2.41 bits per heavy atom. The van der Waals surface area contributed by atoms with Crippen molar-refractivity contribution in [2.75, 3.05) is 18.8 Å². The van der Waals surface area contributed by atoms with Crippen LogP contribution in [0.3, 0.4) is 0 Å². The largest absolute Gasteiger partial charge is 0.344 e. The molecule has 0 aromatic heterocycles. The third-order valence-electron chi connectivity index (χ3n) is 3.90. The molecule has 17 heavy (non-hydrogen) atoms. The van der Waals surface area contributed by atoms with Gasteiger partial charge in [-0.1, -0.05) is 6.42 Å². The number of carbonyl (C=O) groups is 2. The molecule has 0 radical (unpaired) electrons. The Kier molecular flexibility index (Phi) is 3.97. The highest BCUT2D eigenvalue weighted by Crippen LogP contribution is 2.37. The van der Waals surface area contributed by atoms with Crippen LogP contribution >= 0.6 is 12.6 Å². The van der Waals surface area contributed by atoms with E-state index >= 15 is 0 Å². The van der Waals surface area contributed by atoms with Crippen LogP contribution in [0.2, 0.25) is 0 Å². The summed E-state index contributed by atoms with van der Waals surface area (Å²) < 4.78 is 0. The molecular formula is C12H20N2O2S. The fourth-order valence-electron chi connectivity index (χ4n) is 3.07. The average Bonchev–Trinajstić information content (AvgIpc) is 2.84. The highest BCUT2D eigenvalue weighted by molar-refractivity contribution is 7.80. The lowest BCUT2D eigenvalue weighted by molar-refractivity contribution is -0.134. The van der Waals surface area contributed by atoms with Gasteiger partial charge in [-0.3, -0.25) is 9.59 Å². The average molecular weight is 256 g/mol. The van der Waals surface area contributed by atoms with Crippen LogP contribution in [-0.2, 0) is 9.59 Å². The lowest BCUT2D eigenvalue weighted by Crippen LogP contribution is -2.48. The fraction of sp³-hybridized carbons (Fsp3) is 0.833. The summed E-state index contributed by atoms with van der Waals surface area (Å²) in [5, 5.41) is 2.67. The topological polar surface area (TPSA) is 49.4 Å². The standard InChI is InChI=1S/C12H20N2O2S/c1-8(15)13-11(7-17)12(16)14-5-9-3-2-4-10(9)6-14/h9-11,17H,2-7H2,1H3,(H,13,15). The van der Waals surface area contributed by atoms with E-state index in [1.54, 1.807) is 0 Å². The molecule has 1 heterocycles. The van der Waals surface area contributed by atoms with Gasteiger partial charge < -0.3 is 10.2 Å². The summed E-state index contributed by atoms with van der Waals surface area (Å²) in [6, 6.07) is -0.463. The normalized spacial score (nSPS) is 28.9. The summed E-state index contributed by atoms with van der Waals surface area (Å²) >= 11 is 4.14. The van der Waals surface area contributed by atoms with Crippen LogP contribution in [0.5, 0.6) is 0 Å². The zero-order valence-corrected chi connectivity index (χ0v) is 11.1. The van der Waals surface area contributed by atoms with Crippen molar-refractivity contribution < 1.29 is 9.59 Å². The van der Waals surface area contributed by atoms with Gasteiger partial charge in [0.05, 0.1) is 0 Å². The highest BCUT2D eigenvalue weighted by atomic mass is 32.1. The smallest absolute Gasteiger partial charge is 0.246 e.